The fourth-order valence-corrected chi connectivity index (χ4v) is 2.97. The van der Waals surface area contributed by atoms with Crippen LogP contribution in [-0.4, -0.2) is 80.7 Å². The lowest BCUT2D eigenvalue weighted by Gasteiger charge is -2.37. The van der Waals surface area contributed by atoms with Crippen LogP contribution in [0.1, 0.15) is 12.8 Å². The van der Waals surface area contributed by atoms with Crippen LogP contribution in [0, 0.1) is 5.92 Å². The van der Waals surface area contributed by atoms with Crippen LogP contribution in [0.4, 0.5) is 0 Å². The summed E-state index contributed by atoms with van der Waals surface area (Å²) in [7, 11) is 2.22. The van der Waals surface area contributed by atoms with E-state index < -0.39 is 0 Å². The van der Waals surface area contributed by atoms with Crippen LogP contribution >= 0.6 is 0 Å². The molecule has 2 aliphatic heterocycles. The van der Waals surface area contributed by atoms with E-state index in [2.05, 4.69) is 21.7 Å². The average molecular weight is 240 g/mol. The smallest absolute Gasteiger partial charge is 0.0110 e. The fraction of sp³-hybridized carbons (Fsp3) is 1.00. The van der Waals surface area contributed by atoms with Gasteiger partial charge in [0, 0.05) is 45.8 Å². The molecule has 2 fully saturated rings. The molecule has 4 nitrogen and oxygen atoms in total. The third-order valence-corrected chi connectivity index (χ3v) is 4.26. The van der Waals surface area contributed by atoms with Crippen LogP contribution in [0.5, 0.6) is 0 Å². The van der Waals surface area contributed by atoms with Gasteiger partial charge in [-0.2, -0.15) is 0 Å². The van der Waals surface area contributed by atoms with E-state index in [0.29, 0.717) is 0 Å². The van der Waals surface area contributed by atoms with Gasteiger partial charge in [0.05, 0.1) is 0 Å². The first-order chi connectivity index (χ1) is 8.28. The summed E-state index contributed by atoms with van der Waals surface area (Å²) in [5.41, 5.74) is 5.60. The van der Waals surface area contributed by atoms with Gasteiger partial charge in [-0.15, -0.1) is 0 Å². The topological polar surface area (TPSA) is 35.7 Å². The van der Waals surface area contributed by atoms with Gasteiger partial charge in [0.15, 0.2) is 0 Å². The van der Waals surface area contributed by atoms with E-state index in [-0.39, 0.29) is 0 Å². The molecule has 0 aromatic heterocycles. The monoisotopic (exact) mass is 240 g/mol. The Morgan fingerprint density at radius 1 is 0.941 bits per heavy atom. The highest BCUT2D eigenvalue weighted by molar-refractivity contribution is 4.77. The summed E-state index contributed by atoms with van der Waals surface area (Å²) in [4.78, 5) is 7.60. The molecule has 17 heavy (non-hydrogen) atoms. The third-order valence-electron chi connectivity index (χ3n) is 4.26. The molecule has 0 aromatic carbocycles. The van der Waals surface area contributed by atoms with Gasteiger partial charge in [-0.05, 0) is 38.9 Å². The molecule has 2 heterocycles. The van der Waals surface area contributed by atoms with E-state index in [1.54, 1.807) is 0 Å². The molecule has 0 bridgehead atoms. The minimum Gasteiger partial charge on any atom is -0.329 e. The maximum absolute atomic E-state index is 5.60. The number of hydrogen-bond acceptors (Lipinski definition) is 4. The summed E-state index contributed by atoms with van der Waals surface area (Å²) < 4.78 is 0. The highest BCUT2D eigenvalue weighted by Crippen LogP contribution is 2.18. The summed E-state index contributed by atoms with van der Waals surface area (Å²) in [5, 5.41) is 0. The molecule has 0 radical (unpaired) electrons. The Bertz CT molecular complexity index is 205. The molecule has 0 amide bonds. The van der Waals surface area contributed by atoms with Crippen LogP contribution in [0.25, 0.3) is 0 Å². The molecule has 2 saturated heterocycles. The maximum Gasteiger partial charge on any atom is 0.0110 e. The molecule has 4 heteroatoms. The molecule has 0 spiro atoms. The first-order valence-electron chi connectivity index (χ1n) is 7.11. The quantitative estimate of drug-likeness (QED) is 0.745. The Morgan fingerprint density at radius 2 is 1.59 bits per heavy atom. The van der Waals surface area contributed by atoms with Gasteiger partial charge in [-0.3, -0.25) is 0 Å². The lowest BCUT2D eigenvalue weighted by atomic mass is 9.96. The number of hydrogen-bond donors (Lipinski definition) is 1. The second-order valence-electron chi connectivity index (χ2n) is 5.68. The van der Waals surface area contributed by atoms with Crippen molar-refractivity contribution in [2.75, 3.05) is 66.0 Å². The van der Waals surface area contributed by atoms with Gasteiger partial charge in [0.25, 0.3) is 0 Å². The second-order valence-corrected chi connectivity index (χ2v) is 5.68. The van der Waals surface area contributed by atoms with Crippen LogP contribution in [0.2, 0.25) is 0 Å². The molecule has 0 aromatic rings. The summed E-state index contributed by atoms with van der Waals surface area (Å²) in [5.74, 6) is 0.924. The largest absolute Gasteiger partial charge is 0.329 e. The Balaban J connectivity index is 1.64. The minimum atomic E-state index is 0.809. The molecule has 2 aliphatic rings. The Labute approximate surface area is 106 Å². The zero-order valence-corrected chi connectivity index (χ0v) is 11.3. The van der Waals surface area contributed by atoms with Crippen LogP contribution in [0.3, 0.4) is 0 Å². The van der Waals surface area contributed by atoms with Crippen LogP contribution in [-0.2, 0) is 0 Å². The van der Waals surface area contributed by atoms with E-state index in [9.17, 15) is 0 Å². The number of piperazine rings is 1. The van der Waals surface area contributed by atoms with Crippen molar-refractivity contribution in [2.24, 2.45) is 11.7 Å². The number of likely N-dealkylation sites (tertiary alicyclic amines) is 1. The second kappa shape index (κ2) is 6.69. The minimum absolute atomic E-state index is 0.809. The maximum atomic E-state index is 5.60. The molecule has 100 valence electrons. The van der Waals surface area contributed by atoms with Crippen molar-refractivity contribution in [3.05, 3.63) is 0 Å². The van der Waals surface area contributed by atoms with Gasteiger partial charge >= 0.3 is 0 Å². The SMILES string of the molecule is CN1CCN(CC2CCN(CCN)CC2)CC1. The summed E-state index contributed by atoms with van der Waals surface area (Å²) in [6, 6.07) is 0. The van der Waals surface area contributed by atoms with Crippen LogP contribution < -0.4 is 5.73 Å². The molecule has 2 N–H and O–H groups in total. The Hall–Kier alpha value is -0.160. The van der Waals surface area contributed by atoms with Gasteiger partial charge in [0.1, 0.15) is 0 Å². The van der Waals surface area contributed by atoms with Crippen molar-refractivity contribution < 1.29 is 0 Å². The Kier molecular flexibility index (Phi) is 5.22. The molecule has 0 saturated carbocycles. The van der Waals surface area contributed by atoms with Gasteiger partial charge in [-0.25, -0.2) is 0 Å². The number of piperidine rings is 1. The molecule has 0 unspecified atom stereocenters. The average Bonchev–Trinajstić information content (AvgIpc) is 2.35. The van der Waals surface area contributed by atoms with Crippen molar-refractivity contribution in [1.82, 2.24) is 14.7 Å². The van der Waals surface area contributed by atoms with Crippen molar-refractivity contribution in [1.29, 1.82) is 0 Å². The molecular weight excluding hydrogens is 212 g/mol. The van der Waals surface area contributed by atoms with Gasteiger partial charge < -0.3 is 20.4 Å². The normalized spacial score (nSPS) is 26.5. The Morgan fingerprint density at radius 3 is 2.18 bits per heavy atom. The number of nitrogens with two attached hydrogens (primary N) is 1. The molecule has 2 rings (SSSR count). The zero-order chi connectivity index (χ0) is 12.1. The fourth-order valence-electron chi connectivity index (χ4n) is 2.97. The summed E-state index contributed by atoms with van der Waals surface area (Å²) in [6.45, 7) is 10.7. The van der Waals surface area contributed by atoms with Crippen molar-refractivity contribution in [2.45, 2.75) is 12.8 Å². The zero-order valence-electron chi connectivity index (χ0n) is 11.3. The first kappa shape index (κ1) is 13.3. The number of nitrogens with zero attached hydrogens (tertiary/aromatic N) is 3. The molecule has 0 atom stereocenters. The highest BCUT2D eigenvalue weighted by atomic mass is 15.2. The number of likely N-dealkylation sites (N-methyl/N-ethyl adjacent to an activating group) is 1. The van der Waals surface area contributed by atoms with Crippen molar-refractivity contribution in [3.8, 4) is 0 Å². The van der Waals surface area contributed by atoms with Crippen LogP contribution in [0.15, 0.2) is 0 Å². The van der Waals surface area contributed by atoms with E-state index in [1.807, 2.05) is 0 Å². The van der Waals surface area contributed by atoms with E-state index in [1.165, 1.54) is 58.7 Å². The van der Waals surface area contributed by atoms with E-state index >= 15 is 0 Å². The van der Waals surface area contributed by atoms with E-state index in [4.69, 9.17) is 5.73 Å². The van der Waals surface area contributed by atoms with Crippen molar-refractivity contribution >= 4 is 0 Å². The van der Waals surface area contributed by atoms with E-state index in [0.717, 1.165) is 19.0 Å². The van der Waals surface area contributed by atoms with Gasteiger partial charge in [-0.1, -0.05) is 0 Å². The number of rotatable bonds is 4. The molecule has 0 aliphatic carbocycles. The first-order valence-corrected chi connectivity index (χ1v) is 7.11. The highest BCUT2D eigenvalue weighted by Gasteiger charge is 2.22. The lowest BCUT2D eigenvalue weighted by Crippen LogP contribution is -2.47. The van der Waals surface area contributed by atoms with Gasteiger partial charge in [0.2, 0.25) is 0 Å². The molecular formula is C13H28N4. The summed E-state index contributed by atoms with van der Waals surface area (Å²) in [6.07, 6.45) is 2.73. The predicted octanol–water partition coefficient (Wildman–Crippen LogP) is -0.0955. The third kappa shape index (κ3) is 4.21. The predicted molar refractivity (Wildman–Crippen MR) is 72.2 cm³/mol. The standard InChI is InChI=1S/C13H28N4/c1-15-8-10-17(11-9-15)12-13-2-5-16(6-3-13)7-4-14/h13H,2-12,14H2,1H3. The lowest BCUT2D eigenvalue weighted by molar-refractivity contribution is 0.107. The summed E-state index contributed by atoms with van der Waals surface area (Å²) >= 11 is 0. The van der Waals surface area contributed by atoms with Crippen molar-refractivity contribution in [3.63, 3.8) is 0 Å².